The first-order chi connectivity index (χ1) is 11.2. The number of halogens is 1. The average Bonchev–Trinajstić information content (AvgIpc) is 2.56. The molecule has 2 aromatic rings. The van der Waals surface area contributed by atoms with E-state index >= 15 is 0 Å². The molecule has 0 bridgehead atoms. The monoisotopic (exact) mass is 330 g/mol. The quantitative estimate of drug-likeness (QED) is 0.914. The highest BCUT2D eigenvalue weighted by atomic mass is 32.2. The Balaban J connectivity index is 1.71. The van der Waals surface area contributed by atoms with Crippen LogP contribution in [0.2, 0.25) is 0 Å². The molecule has 5 heteroatoms. The Morgan fingerprint density at radius 1 is 1.26 bits per heavy atom. The maximum Gasteiger partial charge on any atom is 0.243 e. The fourth-order valence-electron chi connectivity index (χ4n) is 2.65. The lowest BCUT2D eigenvalue weighted by atomic mass is 10.2. The largest absolute Gasteiger partial charge is 0.360 e. The highest BCUT2D eigenvalue weighted by molar-refractivity contribution is 8.00. The number of hydrogen-bond acceptors (Lipinski definition) is 3. The summed E-state index contributed by atoms with van der Waals surface area (Å²) >= 11 is 1.88. The Morgan fingerprint density at radius 2 is 2.00 bits per heavy atom. The Morgan fingerprint density at radius 3 is 2.74 bits per heavy atom. The lowest BCUT2D eigenvalue weighted by Crippen LogP contribution is -2.40. The Bertz CT molecular complexity index is 690. The van der Waals surface area contributed by atoms with E-state index in [1.807, 2.05) is 23.9 Å². The van der Waals surface area contributed by atoms with Crippen LogP contribution in [0.4, 0.5) is 15.8 Å². The number of thioether (sulfide) groups is 1. The predicted molar refractivity (Wildman–Crippen MR) is 93.6 cm³/mol. The number of fused-ring (bicyclic) bond motifs is 1. The molecule has 1 atom stereocenters. The molecule has 3 rings (SSSR count). The summed E-state index contributed by atoms with van der Waals surface area (Å²) in [6.45, 7) is 3.32. The van der Waals surface area contributed by atoms with E-state index < -0.39 is 0 Å². The van der Waals surface area contributed by atoms with E-state index in [0.717, 1.165) is 18.7 Å². The van der Waals surface area contributed by atoms with E-state index in [2.05, 4.69) is 29.3 Å². The third-order valence-corrected chi connectivity index (χ3v) is 5.26. The zero-order valence-electron chi connectivity index (χ0n) is 13.0. The summed E-state index contributed by atoms with van der Waals surface area (Å²) < 4.78 is 12.9. The molecular weight excluding hydrogens is 311 g/mol. The van der Waals surface area contributed by atoms with E-state index in [4.69, 9.17) is 0 Å². The first-order valence-corrected chi connectivity index (χ1v) is 8.59. The molecule has 1 heterocycles. The highest BCUT2D eigenvalue weighted by Gasteiger charge is 2.25. The molecular formula is C18H19FN2OS. The number of para-hydroxylation sites is 1. The molecule has 1 amide bonds. The van der Waals surface area contributed by atoms with Crippen molar-refractivity contribution in [2.45, 2.75) is 23.5 Å². The van der Waals surface area contributed by atoms with Gasteiger partial charge in [0.2, 0.25) is 5.91 Å². The fraction of sp³-hybridized carbons (Fsp3) is 0.278. The number of carbonyl (C=O) groups excluding carboxylic acids is 1. The van der Waals surface area contributed by atoms with Gasteiger partial charge in [0.15, 0.2) is 0 Å². The molecule has 120 valence electrons. The molecule has 1 aliphatic heterocycles. The Labute approximate surface area is 139 Å². The standard InChI is InChI=1S/C18H19FN2OS/c1-2-15-11-21(16-5-3-4-6-17(16)23-15)12-18(22)20-14-9-7-13(19)8-10-14/h3-10,15H,2,11-12H2,1H3,(H,20,22)/t15-/m0/s1. The Hall–Kier alpha value is -2.01. The minimum Gasteiger partial charge on any atom is -0.360 e. The van der Waals surface area contributed by atoms with Crippen LogP contribution < -0.4 is 10.2 Å². The van der Waals surface area contributed by atoms with Crippen LogP contribution in [0.25, 0.3) is 0 Å². The van der Waals surface area contributed by atoms with Crippen molar-refractivity contribution < 1.29 is 9.18 Å². The van der Waals surface area contributed by atoms with Crippen LogP contribution in [0, 0.1) is 5.82 Å². The average molecular weight is 330 g/mol. The van der Waals surface area contributed by atoms with Gasteiger partial charge in [-0.2, -0.15) is 0 Å². The maximum absolute atomic E-state index is 12.9. The van der Waals surface area contributed by atoms with Gasteiger partial charge in [-0.25, -0.2) is 4.39 Å². The topological polar surface area (TPSA) is 32.3 Å². The van der Waals surface area contributed by atoms with Crippen LogP contribution in [0.1, 0.15) is 13.3 Å². The summed E-state index contributed by atoms with van der Waals surface area (Å²) in [4.78, 5) is 15.7. The number of amides is 1. The zero-order chi connectivity index (χ0) is 16.2. The molecule has 0 saturated carbocycles. The van der Waals surface area contributed by atoms with Crippen molar-refractivity contribution >= 4 is 29.0 Å². The van der Waals surface area contributed by atoms with Crippen molar-refractivity contribution in [1.82, 2.24) is 0 Å². The summed E-state index contributed by atoms with van der Waals surface area (Å²) in [5.74, 6) is -0.399. The SMILES string of the molecule is CC[C@H]1CN(CC(=O)Nc2ccc(F)cc2)c2ccccc2S1. The van der Waals surface area contributed by atoms with Crippen molar-refractivity contribution in [2.75, 3.05) is 23.3 Å². The van der Waals surface area contributed by atoms with Crippen LogP contribution >= 0.6 is 11.8 Å². The third-order valence-electron chi connectivity index (χ3n) is 3.84. The van der Waals surface area contributed by atoms with Gasteiger partial charge in [-0.3, -0.25) is 4.79 Å². The van der Waals surface area contributed by atoms with E-state index in [1.54, 1.807) is 12.1 Å². The van der Waals surface area contributed by atoms with E-state index in [1.165, 1.54) is 17.0 Å². The number of nitrogens with one attached hydrogen (secondary N) is 1. The van der Waals surface area contributed by atoms with Crippen LogP contribution in [0.15, 0.2) is 53.4 Å². The minimum absolute atomic E-state index is 0.0897. The second-order valence-corrected chi connectivity index (χ2v) is 6.89. The summed E-state index contributed by atoms with van der Waals surface area (Å²) in [5, 5.41) is 3.32. The fourth-order valence-corrected chi connectivity index (χ4v) is 3.90. The second-order valence-electron chi connectivity index (χ2n) is 5.55. The number of nitrogens with zero attached hydrogens (tertiary/aromatic N) is 1. The molecule has 2 aromatic carbocycles. The van der Waals surface area contributed by atoms with E-state index in [-0.39, 0.29) is 11.7 Å². The summed E-state index contributed by atoms with van der Waals surface area (Å²) in [7, 11) is 0. The molecule has 0 spiro atoms. The summed E-state index contributed by atoms with van der Waals surface area (Å²) in [5.41, 5.74) is 1.72. The first kappa shape index (κ1) is 15.9. The maximum atomic E-state index is 12.9. The summed E-state index contributed by atoms with van der Waals surface area (Å²) in [6, 6.07) is 14.0. The third kappa shape index (κ3) is 3.85. The molecule has 0 radical (unpaired) electrons. The number of hydrogen-bond donors (Lipinski definition) is 1. The van der Waals surface area contributed by atoms with E-state index in [0.29, 0.717) is 17.5 Å². The highest BCUT2D eigenvalue weighted by Crippen LogP contribution is 2.39. The van der Waals surface area contributed by atoms with Crippen molar-refractivity contribution in [3.8, 4) is 0 Å². The molecule has 0 unspecified atom stereocenters. The predicted octanol–water partition coefficient (Wildman–Crippen LogP) is 4.16. The van der Waals surface area contributed by atoms with Crippen molar-refractivity contribution in [2.24, 2.45) is 0 Å². The van der Waals surface area contributed by atoms with Crippen LogP contribution in [-0.2, 0) is 4.79 Å². The number of carbonyl (C=O) groups is 1. The van der Waals surface area contributed by atoms with E-state index in [9.17, 15) is 9.18 Å². The van der Waals surface area contributed by atoms with Crippen LogP contribution in [-0.4, -0.2) is 24.2 Å². The number of benzene rings is 2. The van der Waals surface area contributed by atoms with Gasteiger partial charge in [0.1, 0.15) is 5.82 Å². The van der Waals surface area contributed by atoms with Gasteiger partial charge >= 0.3 is 0 Å². The van der Waals surface area contributed by atoms with Crippen molar-refractivity contribution in [3.05, 3.63) is 54.3 Å². The van der Waals surface area contributed by atoms with Gasteiger partial charge < -0.3 is 10.2 Å². The minimum atomic E-state index is -0.309. The first-order valence-electron chi connectivity index (χ1n) is 7.71. The summed E-state index contributed by atoms with van der Waals surface area (Å²) in [6.07, 6.45) is 1.06. The van der Waals surface area contributed by atoms with Crippen LogP contribution in [0.5, 0.6) is 0 Å². The number of rotatable bonds is 4. The van der Waals surface area contributed by atoms with Gasteiger partial charge in [0, 0.05) is 22.4 Å². The Kier molecular flexibility index (Phi) is 4.86. The lowest BCUT2D eigenvalue weighted by molar-refractivity contribution is -0.115. The lowest BCUT2D eigenvalue weighted by Gasteiger charge is -2.34. The van der Waals surface area contributed by atoms with Crippen molar-refractivity contribution in [3.63, 3.8) is 0 Å². The number of anilines is 2. The smallest absolute Gasteiger partial charge is 0.243 e. The molecule has 0 aromatic heterocycles. The van der Waals surface area contributed by atoms with Crippen molar-refractivity contribution in [1.29, 1.82) is 0 Å². The molecule has 1 N–H and O–H groups in total. The van der Waals surface area contributed by atoms with Gasteiger partial charge in [-0.15, -0.1) is 11.8 Å². The molecule has 0 aliphatic carbocycles. The van der Waals surface area contributed by atoms with Gasteiger partial charge in [-0.1, -0.05) is 19.1 Å². The molecule has 0 saturated heterocycles. The molecule has 3 nitrogen and oxygen atoms in total. The molecule has 23 heavy (non-hydrogen) atoms. The molecule has 1 aliphatic rings. The van der Waals surface area contributed by atoms with Gasteiger partial charge in [0.05, 0.1) is 12.2 Å². The van der Waals surface area contributed by atoms with Gasteiger partial charge in [0.25, 0.3) is 0 Å². The van der Waals surface area contributed by atoms with Crippen LogP contribution in [0.3, 0.4) is 0 Å². The second kappa shape index (κ2) is 7.04. The zero-order valence-corrected chi connectivity index (χ0v) is 13.8. The molecule has 0 fully saturated rings. The normalized spacial score (nSPS) is 16.8. The van der Waals surface area contributed by atoms with Gasteiger partial charge in [-0.05, 0) is 42.8 Å².